The van der Waals surface area contributed by atoms with Gasteiger partial charge in [-0.25, -0.2) is 8.78 Å². The standard InChI is InChI=1S/C28H33Cl2F2N3O3/c1-5-6-15(36)13-33-25(37)24-23(14-7-8-19(31)17(29)9-14)28(22(35-24)12-27(2,3)4)16-10-20(32)18(30)11-21(16)34-26(28)38/h7-11,15,22-24,35-36H,5-6,12-13H2,1-4H3,(H,33,37)(H,34,38)/t15-,22+,23-,24+,28-/m0/s1. The van der Waals surface area contributed by atoms with Crippen LogP contribution in [0, 0.1) is 17.0 Å². The fourth-order valence-electron chi connectivity index (χ4n) is 5.90. The average molecular weight is 568 g/mol. The lowest BCUT2D eigenvalue weighted by Gasteiger charge is -2.37. The van der Waals surface area contributed by atoms with Crippen molar-refractivity contribution in [3.63, 3.8) is 0 Å². The maximum Gasteiger partial charge on any atom is 0.237 e. The molecular weight excluding hydrogens is 535 g/mol. The first kappa shape index (κ1) is 28.7. The Morgan fingerprint density at radius 1 is 1.16 bits per heavy atom. The van der Waals surface area contributed by atoms with E-state index in [0.717, 1.165) is 6.42 Å². The number of rotatable bonds is 7. The third kappa shape index (κ3) is 5.16. The van der Waals surface area contributed by atoms with E-state index in [4.69, 9.17) is 23.2 Å². The van der Waals surface area contributed by atoms with Gasteiger partial charge in [0.15, 0.2) is 0 Å². The topological polar surface area (TPSA) is 90.5 Å². The number of hydrogen-bond donors (Lipinski definition) is 4. The van der Waals surface area contributed by atoms with E-state index in [1.54, 1.807) is 0 Å². The summed E-state index contributed by atoms with van der Waals surface area (Å²) in [5.74, 6) is -3.06. The molecule has 38 heavy (non-hydrogen) atoms. The van der Waals surface area contributed by atoms with Gasteiger partial charge in [-0.2, -0.15) is 0 Å². The Bertz CT molecular complexity index is 1250. The van der Waals surface area contributed by atoms with Gasteiger partial charge < -0.3 is 21.1 Å². The predicted molar refractivity (Wildman–Crippen MR) is 145 cm³/mol. The summed E-state index contributed by atoms with van der Waals surface area (Å²) in [5.41, 5.74) is -0.531. The number of carbonyl (C=O) groups is 2. The molecule has 6 nitrogen and oxygen atoms in total. The van der Waals surface area contributed by atoms with E-state index in [-0.39, 0.29) is 22.0 Å². The maximum absolute atomic E-state index is 14.9. The van der Waals surface area contributed by atoms with Gasteiger partial charge in [-0.3, -0.25) is 9.59 Å². The van der Waals surface area contributed by atoms with Crippen LogP contribution in [0.4, 0.5) is 14.5 Å². The normalized spacial score (nSPS) is 25.4. The summed E-state index contributed by atoms with van der Waals surface area (Å²) < 4.78 is 29.1. The molecular formula is C28H33Cl2F2N3O3. The molecule has 0 saturated carbocycles. The first-order valence-electron chi connectivity index (χ1n) is 12.8. The number of aliphatic hydroxyl groups excluding tert-OH is 1. The number of carbonyl (C=O) groups excluding carboxylic acids is 2. The van der Waals surface area contributed by atoms with E-state index < -0.39 is 53.0 Å². The summed E-state index contributed by atoms with van der Waals surface area (Å²) in [6.07, 6.45) is 0.992. The van der Waals surface area contributed by atoms with Crippen molar-refractivity contribution in [1.29, 1.82) is 0 Å². The van der Waals surface area contributed by atoms with Crippen LogP contribution in [0.3, 0.4) is 0 Å². The number of anilines is 1. The first-order chi connectivity index (χ1) is 17.8. The second-order valence-electron chi connectivity index (χ2n) is 11.4. The first-order valence-corrected chi connectivity index (χ1v) is 13.5. The summed E-state index contributed by atoms with van der Waals surface area (Å²) in [7, 11) is 0. The molecule has 2 heterocycles. The van der Waals surface area contributed by atoms with E-state index in [1.807, 2.05) is 27.7 Å². The Morgan fingerprint density at radius 2 is 1.84 bits per heavy atom. The maximum atomic E-state index is 14.9. The lowest BCUT2D eigenvalue weighted by Crippen LogP contribution is -2.49. The molecule has 2 amide bonds. The number of aliphatic hydroxyl groups is 1. The van der Waals surface area contributed by atoms with Gasteiger partial charge in [-0.1, -0.05) is 63.4 Å². The molecule has 206 valence electrons. The minimum atomic E-state index is -1.43. The van der Waals surface area contributed by atoms with Gasteiger partial charge in [0.1, 0.15) is 17.0 Å². The van der Waals surface area contributed by atoms with Crippen molar-refractivity contribution in [3.8, 4) is 0 Å². The Kier molecular flexibility index (Phi) is 8.11. The molecule has 4 rings (SSSR count). The number of benzene rings is 2. The average Bonchev–Trinajstić information content (AvgIpc) is 3.29. The van der Waals surface area contributed by atoms with Gasteiger partial charge in [-0.05, 0) is 53.6 Å². The monoisotopic (exact) mass is 567 g/mol. The van der Waals surface area contributed by atoms with Crippen molar-refractivity contribution in [2.75, 3.05) is 11.9 Å². The van der Waals surface area contributed by atoms with Crippen molar-refractivity contribution in [2.45, 2.75) is 76.5 Å². The van der Waals surface area contributed by atoms with Gasteiger partial charge in [0.2, 0.25) is 11.8 Å². The van der Waals surface area contributed by atoms with Crippen molar-refractivity contribution >= 4 is 40.7 Å². The highest BCUT2D eigenvalue weighted by molar-refractivity contribution is 6.31. The SMILES string of the molecule is CCC[C@H](O)CNC(=O)[C@@H]1N[C@H](CC(C)(C)C)[C@]2(C(=O)Nc3cc(Cl)c(F)cc32)[C@H]1c1ccc(F)c(Cl)c1. The molecule has 0 unspecified atom stereocenters. The van der Waals surface area contributed by atoms with Gasteiger partial charge in [0.05, 0.1) is 22.2 Å². The lowest BCUT2D eigenvalue weighted by atomic mass is 9.62. The number of hydrogen-bond acceptors (Lipinski definition) is 4. The van der Waals surface area contributed by atoms with Crippen LogP contribution in [0.1, 0.15) is 64.0 Å². The van der Waals surface area contributed by atoms with E-state index in [2.05, 4.69) is 16.0 Å². The summed E-state index contributed by atoms with van der Waals surface area (Å²) in [6, 6.07) is 5.15. The van der Waals surface area contributed by atoms with Crippen LogP contribution in [0.5, 0.6) is 0 Å². The number of fused-ring (bicyclic) bond motifs is 2. The molecule has 1 spiro atoms. The Hall–Kier alpha value is -2.26. The number of nitrogens with one attached hydrogen (secondary N) is 3. The molecule has 0 bridgehead atoms. The van der Waals surface area contributed by atoms with Crippen molar-refractivity contribution in [2.24, 2.45) is 5.41 Å². The number of halogens is 4. The van der Waals surface area contributed by atoms with Crippen LogP contribution in [0.2, 0.25) is 10.0 Å². The van der Waals surface area contributed by atoms with E-state index in [0.29, 0.717) is 29.7 Å². The molecule has 10 heteroatoms. The van der Waals surface area contributed by atoms with Crippen LogP contribution < -0.4 is 16.0 Å². The summed E-state index contributed by atoms with van der Waals surface area (Å²) in [5, 5.41) is 19.0. The van der Waals surface area contributed by atoms with Gasteiger partial charge in [-0.15, -0.1) is 0 Å². The largest absolute Gasteiger partial charge is 0.391 e. The van der Waals surface area contributed by atoms with Crippen molar-refractivity contribution in [1.82, 2.24) is 10.6 Å². The van der Waals surface area contributed by atoms with Crippen LogP contribution in [-0.2, 0) is 15.0 Å². The quantitative estimate of drug-likeness (QED) is 0.365. The van der Waals surface area contributed by atoms with Crippen LogP contribution in [0.25, 0.3) is 0 Å². The third-order valence-electron chi connectivity index (χ3n) is 7.42. The summed E-state index contributed by atoms with van der Waals surface area (Å²) in [6.45, 7) is 8.00. The van der Waals surface area contributed by atoms with Crippen molar-refractivity contribution < 1.29 is 23.5 Å². The minimum Gasteiger partial charge on any atom is -0.391 e. The second-order valence-corrected chi connectivity index (χ2v) is 12.3. The summed E-state index contributed by atoms with van der Waals surface area (Å²) >= 11 is 12.2. The molecule has 0 aliphatic carbocycles. The zero-order valence-electron chi connectivity index (χ0n) is 21.8. The molecule has 1 fully saturated rings. The molecule has 5 atom stereocenters. The Labute approximate surface area is 231 Å². The highest BCUT2D eigenvalue weighted by Crippen LogP contribution is 2.57. The molecule has 2 aromatic carbocycles. The molecule has 4 N–H and O–H groups in total. The third-order valence-corrected chi connectivity index (χ3v) is 8.00. The highest BCUT2D eigenvalue weighted by atomic mass is 35.5. The zero-order valence-corrected chi connectivity index (χ0v) is 23.3. The van der Waals surface area contributed by atoms with E-state index in [9.17, 15) is 23.5 Å². The van der Waals surface area contributed by atoms with Crippen LogP contribution >= 0.6 is 23.2 Å². The van der Waals surface area contributed by atoms with E-state index >= 15 is 0 Å². The lowest BCUT2D eigenvalue weighted by molar-refractivity contribution is -0.124. The highest BCUT2D eigenvalue weighted by Gasteiger charge is 2.66. The van der Waals surface area contributed by atoms with Gasteiger partial charge >= 0.3 is 0 Å². The Morgan fingerprint density at radius 3 is 2.47 bits per heavy atom. The molecule has 0 aromatic heterocycles. The molecule has 1 saturated heterocycles. The van der Waals surface area contributed by atoms with E-state index in [1.165, 1.54) is 30.3 Å². The Balaban J connectivity index is 1.92. The van der Waals surface area contributed by atoms with Crippen LogP contribution in [-0.4, -0.2) is 41.7 Å². The molecule has 2 aromatic rings. The fourth-order valence-corrected chi connectivity index (χ4v) is 6.26. The van der Waals surface area contributed by atoms with Gasteiger partial charge in [0, 0.05) is 24.2 Å². The number of amides is 2. The molecule has 2 aliphatic heterocycles. The smallest absolute Gasteiger partial charge is 0.237 e. The fraction of sp³-hybridized carbons (Fsp3) is 0.500. The summed E-state index contributed by atoms with van der Waals surface area (Å²) in [4.78, 5) is 27.7. The minimum absolute atomic E-state index is 0.0334. The molecule has 0 radical (unpaired) electrons. The predicted octanol–water partition coefficient (Wildman–Crippen LogP) is 5.30. The zero-order chi connectivity index (χ0) is 28.0. The van der Waals surface area contributed by atoms with Gasteiger partial charge in [0.25, 0.3) is 0 Å². The molecule has 2 aliphatic rings. The van der Waals surface area contributed by atoms with Crippen molar-refractivity contribution in [3.05, 3.63) is 63.1 Å². The second kappa shape index (κ2) is 10.7. The van der Waals surface area contributed by atoms with Crippen LogP contribution in [0.15, 0.2) is 30.3 Å².